The fourth-order valence-electron chi connectivity index (χ4n) is 1.69. The number of hydrogen-bond acceptors (Lipinski definition) is 2. The average Bonchev–Trinajstić information content (AvgIpc) is 2.64. The number of hydrogen-bond donors (Lipinski definition) is 0. The summed E-state index contributed by atoms with van der Waals surface area (Å²) in [4.78, 5) is 0. The van der Waals surface area contributed by atoms with Crippen LogP contribution in [-0.4, -0.2) is 9.78 Å². The molecule has 1 aromatic heterocycles. The van der Waals surface area contributed by atoms with Crippen LogP contribution >= 0.6 is 0 Å². The zero-order chi connectivity index (χ0) is 11.7. The Labute approximate surface area is 94.9 Å². The number of nitrogens with zero attached hydrogens (tertiary/aromatic N) is 3. The molecule has 0 fully saturated rings. The highest BCUT2D eigenvalue weighted by Gasteiger charge is 2.07. The summed E-state index contributed by atoms with van der Waals surface area (Å²) in [6.45, 7) is 4.17. The van der Waals surface area contributed by atoms with Crippen molar-refractivity contribution in [3.8, 4) is 17.3 Å². The van der Waals surface area contributed by atoms with E-state index in [0.29, 0.717) is 5.69 Å². The van der Waals surface area contributed by atoms with E-state index in [1.807, 2.05) is 13.1 Å². The second-order valence-electron chi connectivity index (χ2n) is 3.95. The fraction of sp³-hybridized carbons (Fsp3) is 0.231. The van der Waals surface area contributed by atoms with Crippen molar-refractivity contribution in [3.05, 3.63) is 41.1 Å². The first kappa shape index (κ1) is 10.4. The molecule has 1 aromatic carbocycles. The van der Waals surface area contributed by atoms with Crippen LogP contribution in [0.2, 0.25) is 0 Å². The van der Waals surface area contributed by atoms with Crippen molar-refractivity contribution in [1.82, 2.24) is 9.78 Å². The van der Waals surface area contributed by atoms with Crippen LogP contribution in [0.5, 0.6) is 0 Å². The molecule has 0 radical (unpaired) electrons. The lowest BCUT2D eigenvalue weighted by atomic mass is 10.0. The number of benzene rings is 1. The fourth-order valence-corrected chi connectivity index (χ4v) is 1.69. The van der Waals surface area contributed by atoms with Crippen molar-refractivity contribution < 1.29 is 0 Å². The Kier molecular flexibility index (Phi) is 2.49. The van der Waals surface area contributed by atoms with Gasteiger partial charge in [-0.1, -0.05) is 12.1 Å². The van der Waals surface area contributed by atoms with E-state index >= 15 is 0 Å². The van der Waals surface area contributed by atoms with Gasteiger partial charge in [0.15, 0.2) is 5.69 Å². The summed E-state index contributed by atoms with van der Waals surface area (Å²) in [5.41, 5.74) is 5.04. The molecule has 0 saturated heterocycles. The van der Waals surface area contributed by atoms with Crippen LogP contribution in [-0.2, 0) is 7.05 Å². The van der Waals surface area contributed by atoms with E-state index in [4.69, 9.17) is 5.26 Å². The zero-order valence-corrected chi connectivity index (χ0v) is 9.65. The zero-order valence-electron chi connectivity index (χ0n) is 9.65. The van der Waals surface area contributed by atoms with Gasteiger partial charge in [0.05, 0.1) is 5.69 Å². The van der Waals surface area contributed by atoms with Gasteiger partial charge in [0.1, 0.15) is 6.07 Å². The summed E-state index contributed by atoms with van der Waals surface area (Å²) in [6.07, 6.45) is 0. The largest absolute Gasteiger partial charge is 0.267 e. The van der Waals surface area contributed by atoms with Gasteiger partial charge in [-0.05, 0) is 31.0 Å². The van der Waals surface area contributed by atoms with Crippen LogP contribution in [0.3, 0.4) is 0 Å². The summed E-state index contributed by atoms with van der Waals surface area (Å²) < 4.78 is 1.74. The molecule has 0 saturated carbocycles. The predicted octanol–water partition coefficient (Wildman–Crippen LogP) is 2.58. The van der Waals surface area contributed by atoms with Crippen LogP contribution in [0.1, 0.15) is 16.8 Å². The molecular weight excluding hydrogens is 198 g/mol. The summed E-state index contributed by atoms with van der Waals surface area (Å²) in [6, 6.07) is 10.1. The lowest BCUT2D eigenvalue weighted by Crippen LogP contribution is -1.94. The van der Waals surface area contributed by atoms with Crippen LogP contribution in [0.25, 0.3) is 11.3 Å². The Balaban J connectivity index is 2.55. The van der Waals surface area contributed by atoms with Crippen molar-refractivity contribution in [2.24, 2.45) is 7.05 Å². The topological polar surface area (TPSA) is 41.6 Å². The maximum atomic E-state index is 8.80. The SMILES string of the molecule is Cc1ccc(-c2cc(C#N)nn2C)cc1C. The summed E-state index contributed by atoms with van der Waals surface area (Å²) in [5, 5.41) is 12.9. The molecule has 0 aliphatic carbocycles. The highest BCUT2D eigenvalue weighted by atomic mass is 15.3. The summed E-state index contributed by atoms with van der Waals surface area (Å²) in [5.74, 6) is 0. The van der Waals surface area contributed by atoms with Crippen molar-refractivity contribution in [2.75, 3.05) is 0 Å². The Morgan fingerprint density at radius 1 is 1.19 bits per heavy atom. The standard InChI is InChI=1S/C13H13N3/c1-9-4-5-11(6-10(9)2)13-7-12(8-14)15-16(13)3/h4-7H,1-3H3. The molecule has 0 amide bonds. The van der Waals surface area contributed by atoms with Gasteiger partial charge < -0.3 is 0 Å². The minimum Gasteiger partial charge on any atom is -0.267 e. The molecule has 0 N–H and O–H groups in total. The number of aromatic nitrogens is 2. The van der Waals surface area contributed by atoms with Gasteiger partial charge in [-0.2, -0.15) is 10.4 Å². The smallest absolute Gasteiger partial charge is 0.163 e. The molecule has 0 atom stereocenters. The maximum absolute atomic E-state index is 8.80. The molecule has 2 rings (SSSR count). The maximum Gasteiger partial charge on any atom is 0.163 e. The molecular formula is C13H13N3. The van der Waals surface area contributed by atoms with Gasteiger partial charge in [0.2, 0.25) is 0 Å². The van der Waals surface area contributed by atoms with Gasteiger partial charge in [-0.3, -0.25) is 4.68 Å². The van der Waals surface area contributed by atoms with Gasteiger partial charge in [-0.15, -0.1) is 0 Å². The van der Waals surface area contributed by atoms with Crippen molar-refractivity contribution >= 4 is 0 Å². The first-order valence-corrected chi connectivity index (χ1v) is 5.13. The van der Waals surface area contributed by atoms with Crippen LogP contribution in [0.4, 0.5) is 0 Å². The van der Waals surface area contributed by atoms with Crippen LogP contribution in [0, 0.1) is 25.2 Å². The number of nitriles is 1. The minimum atomic E-state index is 0.454. The van der Waals surface area contributed by atoms with Crippen LogP contribution in [0.15, 0.2) is 24.3 Å². The second-order valence-corrected chi connectivity index (χ2v) is 3.95. The highest BCUT2D eigenvalue weighted by Crippen LogP contribution is 2.22. The first-order chi connectivity index (χ1) is 7.61. The van der Waals surface area contributed by atoms with Gasteiger partial charge in [-0.25, -0.2) is 0 Å². The lowest BCUT2D eigenvalue weighted by molar-refractivity contribution is 0.771. The molecule has 2 aromatic rings. The van der Waals surface area contributed by atoms with Crippen molar-refractivity contribution in [1.29, 1.82) is 5.26 Å². The third-order valence-electron chi connectivity index (χ3n) is 2.80. The normalized spacial score (nSPS) is 10.1. The summed E-state index contributed by atoms with van der Waals surface area (Å²) in [7, 11) is 1.85. The molecule has 0 aliphatic heterocycles. The third kappa shape index (κ3) is 1.70. The third-order valence-corrected chi connectivity index (χ3v) is 2.80. The monoisotopic (exact) mass is 211 g/mol. The molecule has 0 spiro atoms. The van der Waals surface area contributed by atoms with Gasteiger partial charge >= 0.3 is 0 Å². The molecule has 0 unspecified atom stereocenters. The Morgan fingerprint density at radius 2 is 1.94 bits per heavy atom. The second kappa shape index (κ2) is 3.82. The highest BCUT2D eigenvalue weighted by molar-refractivity contribution is 5.62. The van der Waals surface area contributed by atoms with Gasteiger partial charge in [0, 0.05) is 18.7 Å². The molecule has 0 bridgehead atoms. The van der Waals surface area contributed by atoms with Crippen LogP contribution < -0.4 is 0 Å². The van der Waals surface area contributed by atoms with Gasteiger partial charge in [0.25, 0.3) is 0 Å². The quantitative estimate of drug-likeness (QED) is 0.727. The Hall–Kier alpha value is -2.08. The first-order valence-electron chi connectivity index (χ1n) is 5.13. The van der Waals surface area contributed by atoms with Crippen molar-refractivity contribution in [3.63, 3.8) is 0 Å². The molecule has 16 heavy (non-hydrogen) atoms. The number of rotatable bonds is 1. The summed E-state index contributed by atoms with van der Waals surface area (Å²) >= 11 is 0. The number of aryl methyl sites for hydroxylation is 3. The Bertz CT molecular complexity index is 573. The van der Waals surface area contributed by atoms with E-state index in [1.54, 1.807) is 4.68 Å². The average molecular weight is 211 g/mol. The molecule has 3 nitrogen and oxygen atoms in total. The molecule has 80 valence electrons. The van der Waals surface area contributed by atoms with E-state index < -0.39 is 0 Å². The molecule has 0 aliphatic rings. The Morgan fingerprint density at radius 3 is 2.50 bits per heavy atom. The molecule has 3 heteroatoms. The van der Waals surface area contributed by atoms with E-state index in [9.17, 15) is 0 Å². The lowest BCUT2D eigenvalue weighted by Gasteiger charge is -2.05. The minimum absolute atomic E-state index is 0.454. The van der Waals surface area contributed by atoms with Crippen molar-refractivity contribution in [2.45, 2.75) is 13.8 Å². The van der Waals surface area contributed by atoms with E-state index in [-0.39, 0.29) is 0 Å². The van der Waals surface area contributed by atoms with E-state index in [0.717, 1.165) is 11.3 Å². The molecule has 1 heterocycles. The van der Waals surface area contributed by atoms with E-state index in [2.05, 4.69) is 43.2 Å². The predicted molar refractivity (Wildman–Crippen MR) is 62.8 cm³/mol. The van der Waals surface area contributed by atoms with E-state index in [1.165, 1.54) is 11.1 Å².